The first-order valence-electron chi connectivity index (χ1n) is 7.13. The van der Waals surface area contributed by atoms with Gasteiger partial charge in [0.15, 0.2) is 0 Å². The number of nitrogens with one attached hydrogen (secondary N) is 1. The molecule has 2 aromatic rings. The Bertz CT molecular complexity index is 507. The largest absolute Gasteiger partial charge is 0.326 e. The van der Waals surface area contributed by atoms with E-state index in [1.807, 2.05) is 18.2 Å². The van der Waals surface area contributed by atoms with Crippen LogP contribution < -0.4 is 11.1 Å². The highest BCUT2D eigenvalue weighted by Gasteiger charge is 2.07. The van der Waals surface area contributed by atoms with Crippen LogP contribution in [0.3, 0.4) is 0 Å². The Hall–Kier alpha value is -1.23. The molecule has 4 heteroatoms. The van der Waals surface area contributed by atoms with E-state index in [0.717, 1.165) is 30.2 Å². The summed E-state index contributed by atoms with van der Waals surface area (Å²) in [4.78, 5) is 4.68. The number of hydrogen-bond donors (Lipinski definition) is 2. The molecule has 1 aromatic carbocycles. The van der Waals surface area contributed by atoms with Gasteiger partial charge in [-0.15, -0.1) is 11.3 Å². The number of nitrogens with zero attached hydrogens (tertiary/aromatic N) is 1. The molecule has 3 nitrogen and oxygen atoms in total. The predicted octanol–water partition coefficient (Wildman–Crippen LogP) is 2.93. The first kappa shape index (κ1) is 15.2. The molecule has 20 heavy (non-hydrogen) atoms. The molecule has 108 valence electrons. The second kappa shape index (κ2) is 7.53. The van der Waals surface area contributed by atoms with Crippen LogP contribution in [0, 0.1) is 5.92 Å². The Morgan fingerprint density at radius 3 is 2.70 bits per heavy atom. The molecule has 0 amide bonds. The SMILES string of the molecule is CC(C)C(N)CNCCc1csc(-c2ccccc2)n1. The molecule has 1 unspecified atom stereocenters. The van der Waals surface area contributed by atoms with Crippen molar-refractivity contribution >= 4 is 11.3 Å². The van der Waals surface area contributed by atoms with Crippen LogP contribution in [0.1, 0.15) is 19.5 Å². The van der Waals surface area contributed by atoms with Crippen LogP contribution in [-0.4, -0.2) is 24.1 Å². The van der Waals surface area contributed by atoms with Crippen LogP contribution in [0.4, 0.5) is 0 Å². The number of thiazole rings is 1. The van der Waals surface area contributed by atoms with Gasteiger partial charge in [0.05, 0.1) is 5.69 Å². The maximum Gasteiger partial charge on any atom is 0.123 e. The van der Waals surface area contributed by atoms with E-state index in [9.17, 15) is 0 Å². The van der Waals surface area contributed by atoms with Gasteiger partial charge in [0.2, 0.25) is 0 Å². The lowest BCUT2D eigenvalue weighted by molar-refractivity contribution is 0.459. The fourth-order valence-corrected chi connectivity index (χ4v) is 2.72. The van der Waals surface area contributed by atoms with Gasteiger partial charge in [-0.2, -0.15) is 0 Å². The lowest BCUT2D eigenvalue weighted by atomic mass is 10.1. The van der Waals surface area contributed by atoms with Crippen LogP contribution in [-0.2, 0) is 6.42 Å². The normalized spacial score (nSPS) is 12.8. The van der Waals surface area contributed by atoms with Gasteiger partial charge in [-0.05, 0) is 5.92 Å². The van der Waals surface area contributed by atoms with Gasteiger partial charge in [-0.25, -0.2) is 4.98 Å². The van der Waals surface area contributed by atoms with E-state index in [-0.39, 0.29) is 6.04 Å². The zero-order valence-electron chi connectivity index (χ0n) is 12.2. The van der Waals surface area contributed by atoms with Crippen LogP contribution in [0.2, 0.25) is 0 Å². The van der Waals surface area contributed by atoms with E-state index >= 15 is 0 Å². The summed E-state index contributed by atoms with van der Waals surface area (Å²) in [5.41, 5.74) is 8.35. The molecule has 0 aliphatic rings. The van der Waals surface area contributed by atoms with Crippen LogP contribution in [0.15, 0.2) is 35.7 Å². The Balaban J connectivity index is 1.79. The maximum atomic E-state index is 6.00. The number of aromatic nitrogens is 1. The van der Waals surface area contributed by atoms with E-state index in [1.54, 1.807) is 11.3 Å². The zero-order chi connectivity index (χ0) is 14.4. The zero-order valence-corrected chi connectivity index (χ0v) is 13.0. The van der Waals surface area contributed by atoms with Crippen molar-refractivity contribution in [2.75, 3.05) is 13.1 Å². The third-order valence-corrected chi connectivity index (χ3v) is 4.31. The molecule has 1 heterocycles. The summed E-state index contributed by atoms with van der Waals surface area (Å²) in [5, 5.41) is 6.65. The van der Waals surface area contributed by atoms with Gasteiger partial charge in [0.1, 0.15) is 5.01 Å². The maximum absolute atomic E-state index is 6.00. The molecule has 0 radical (unpaired) electrons. The van der Waals surface area contributed by atoms with Gasteiger partial charge in [0, 0.05) is 36.5 Å². The number of nitrogens with two attached hydrogens (primary N) is 1. The number of benzene rings is 1. The molecule has 0 spiro atoms. The first-order valence-corrected chi connectivity index (χ1v) is 8.01. The molecule has 1 aromatic heterocycles. The molecule has 0 aliphatic carbocycles. The summed E-state index contributed by atoms with van der Waals surface area (Å²) in [7, 11) is 0. The molecule has 0 bridgehead atoms. The number of rotatable bonds is 7. The Kier molecular flexibility index (Phi) is 5.71. The van der Waals surface area contributed by atoms with Crippen molar-refractivity contribution in [3.63, 3.8) is 0 Å². The van der Waals surface area contributed by atoms with Gasteiger partial charge < -0.3 is 11.1 Å². The molecular formula is C16H23N3S. The second-order valence-corrected chi connectivity index (χ2v) is 6.23. The summed E-state index contributed by atoms with van der Waals surface area (Å²) >= 11 is 1.71. The fourth-order valence-electron chi connectivity index (χ4n) is 1.86. The summed E-state index contributed by atoms with van der Waals surface area (Å²) in [6.45, 7) is 6.10. The highest BCUT2D eigenvalue weighted by atomic mass is 32.1. The minimum Gasteiger partial charge on any atom is -0.326 e. The average Bonchev–Trinajstić information content (AvgIpc) is 2.93. The van der Waals surface area contributed by atoms with E-state index in [4.69, 9.17) is 5.73 Å². The van der Waals surface area contributed by atoms with Crippen molar-refractivity contribution < 1.29 is 0 Å². The van der Waals surface area contributed by atoms with Crippen molar-refractivity contribution in [1.29, 1.82) is 0 Å². The summed E-state index contributed by atoms with van der Waals surface area (Å²) in [6, 6.07) is 10.5. The summed E-state index contributed by atoms with van der Waals surface area (Å²) in [5.74, 6) is 0.520. The first-order chi connectivity index (χ1) is 9.66. The van der Waals surface area contributed by atoms with E-state index in [0.29, 0.717) is 5.92 Å². The van der Waals surface area contributed by atoms with Crippen LogP contribution >= 0.6 is 11.3 Å². The minimum atomic E-state index is 0.227. The van der Waals surface area contributed by atoms with Crippen molar-refractivity contribution in [1.82, 2.24) is 10.3 Å². The van der Waals surface area contributed by atoms with E-state index in [1.165, 1.54) is 5.56 Å². The third-order valence-electron chi connectivity index (χ3n) is 3.37. The molecule has 0 saturated carbocycles. The lowest BCUT2D eigenvalue weighted by Gasteiger charge is -2.15. The highest BCUT2D eigenvalue weighted by Crippen LogP contribution is 2.23. The quantitative estimate of drug-likeness (QED) is 0.771. The Morgan fingerprint density at radius 2 is 2.00 bits per heavy atom. The molecule has 0 fully saturated rings. The number of hydrogen-bond acceptors (Lipinski definition) is 4. The fraction of sp³-hybridized carbons (Fsp3) is 0.438. The minimum absolute atomic E-state index is 0.227. The standard InChI is InChI=1S/C16H23N3S/c1-12(2)15(17)10-18-9-8-14-11-20-16(19-14)13-6-4-3-5-7-13/h3-7,11-12,15,18H,8-10,17H2,1-2H3. The molecule has 0 saturated heterocycles. The molecular weight excluding hydrogens is 266 g/mol. The topological polar surface area (TPSA) is 50.9 Å². The van der Waals surface area contributed by atoms with Crippen molar-refractivity contribution in [3.8, 4) is 10.6 Å². The second-order valence-electron chi connectivity index (χ2n) is 5.37. The highest BCUT2D eigenvalue weighted by molar-refractivity contribution is 7.13. The van der Waals surface area contributed by atoms with Gasteiger partial charge in [-0.1, -0.05) is 44.2 Å². The average molecular weight is 289 g/mol. The van der Waals surface area contributed by atoms with E-state index < -0.39 is 0 Å². The van der Waals surface area contributed by atoms with Crippen molar-refractivity contribution in [2.45, 2.75) is 26.3 Å². The van der Waals surface area contributed by atoms with Crippen LogP contribution in [0.25, 0.3) is 10.6 Å². The van der Waals surface area contributed by atoms with Crippen molar-refractivity contribution in [2.24, 2.45) is 11.7 Å². The predicted molar refractivity (Wildman–Crippen MR) is 86.9 cm³/mol. The molecule has 0 aliphatic heterocycles. The van der Waals surface area contributed by atoms with Gasteiger partial charge >= 0.3 is 0 Å². The van der Waals surface area contributed by atoms with Gasteiger partial charge in [-0.3, -0.25) is 0 Å². The third kappa shape index (κ3) is 4.40. The van der Waals surface area contributed by atoms with Crippen LogP contribution in [0.5, 0.6) is 0 Å². The van der Waals surface area contributed by atoms with Crippen molar-refractivity contribution in [3.05, 3.63) is 41.4 Å². The Labute approximate surface area is 125 Å². The van der Waals surface area contributed by atoms with E-state index in [2.05, 4.69) is 41.7 Å². The monoisotopic (exact) mass is 289 g/mol. The smallest absolute Gasteiger partial charge is 0.123 e. The molecule has 3 N–H and O–H groups in total. The summed E-state index contributed by atoms with van der Waals surface area (Å²) in [6.07, 6.45) is 0.953. The Morgan fingerprint density at radius 1 is 1.25 bits per heavy atom. The van der Waals surface area contributed by atoms with Gasteiger partial charge in [0.25, 0.3) is 0 Å². The molecule has 1 atom stereocenters. The lowest BCUT2D eigenvalue weighted by Crippen LogP contribution is -2.38. The molecule has 2 rings (SSSR count). The summed E-state index contributed by atoms with van der Waals surface area (Å²) < 4.78 is 0.